The van der Waals surface area contributed by atoms with E-state index in [1.165, 1.54) is 5.56 Å². The Morgan fingerprint density at radius 3 is 2.63 bits per heavy atom. The minimum Gasteiger partial charge on any atom is -0.327 e. The molecule has 2 aromatic carbocycles. The minimum absolute atomic E-state index is 0.823. The van der Waals surface area contributed by atoms with Crippen LogP contribution in [0.15, 0.2) is 71.5 Å². The summed E-state index contributed by atoms with van der Waals surface area (Å²) in [6, 6.07) is 18.6. The number of halogens is 1. The molecule has 0 aliphatic heterocycles. The summed E-state index contributed by atoms with van der Waals surface area (Å²) in [5.41, 5.74) is 2.40. The molecule has 3 rings (SSSR count). The number of hydrogen-bond donors (Lipinski definition) is 0. The lowest BCUT2D eigenvalue weighted by atomic mass is 10.2. The zero-order valence-electron chi connectivity index (χ0n) is 10.3. The highest BCUT2D eigenvalue weighted by molar-refractivity contribution is 9.10. The summed E-state index contributed by atoms with van der Waals surface area (Å²) in [4.78, 5) is 4.46. The molecule has 0 aliphatic carbocycles. The number of aromatic nitrogens is 2. The molecule has 1 heterocycles. The van der Waals surface area contributed by atoms with Gasteiger partial charge in [-0.05, 0) is 17.7 Å². The molecular weight excluding hydrogens is 300 g/mol. The first kappa shape index (κ1) is 12.2. The van der Waals surface area contributed by atoms with Gasteiger partial charge in [-0.2, -0.15) is 0 Å². The molecule has 0 radical (unpaired) electrons. The number of nitrogens with zero attached hydrogens (tertiary/aromatic N) is 2. The molecule has 0 atom stereocenters. The van der Waals surface area contributed by atoms with E-state index in [9.17, 15) is 0 Å². The summed E-state index contributed by atoms with van der Waals surface area (Å²) >= 11 is 3.50. The third kappa shape index (κ3) is 2.76. The van der Waals surface area contributed by atoms with Crippen molar-refractivity contribution in [2.75, 3.05) is 0 Å². The van der Waals surface area contributed by atoms with E-state index in [1.54, 1.807) is 0 Å². The van der Waals surface area contributed by atoms with E-state index in [-0.39, 0.29) is 0 Å². The second kappa shape index (κ2) is 5.41. The van der Waals surface area contributed by atoms with Crippen molar-refractivity contribution in [2.24, 2.45) is 0 Å². The summed E-state index contributed by atoms with van der Waals surface area (Å²) in [6.07, 6.45) is 3.86. The molecule has 0 unspecified atom stereocenters. The third-order valence-electron chi connectivity index (χ3n) is 2.99. The molecular formula is C16H13BrN2. The van der Waals surface area contributed by atoms with E-state index < -0.39 is 0 Å². The van der Waals surface area contributed by atoms with Crippen LogP contribution < -0.4 is 0 Å². The minimum atomic E-state index is 0.823. The fraction of sp³-hybridized carbons (Fsp3) is 0.0625. The van der Waals surface area contributed by atoms with Gasteiger partial charge in [-0.3, -0.25) is 0 Å². The van der Waals surface area contributed by atoms with Crippen molar-refractivity contribution >= 4 is 15.9 Å². The average molecular weight is 313 g/mol. The molecule has 3 aromatic rings. The molecule has 0 N–H and O–H groups in total. The van der Waals surface area contributed by atoms with Gasteiger partial charge in [0.1, 0.15) is 5.82 Å². The van der Waals surface area contributed by atoms with E-state index in [0.717, 1.165) is 22.4 Å². The van der Waals surface area contributed by atoms with Crippen LogP contribution in [0.25, 0.3) is 11.4 Å². The number of hydrogen-bond acceptors (Lipinski definition) is 1. The normalized spacial score (nSPS) is 10.6. The van der Waals surface area contributed by atoms with Crippen LogP contribution in [0, 0.1) is 0 Å². The van der Waals surface area contributed by atoms with Gasteiger partial charge in [-0.1, -0.05) is 58.4 Å². The standard InChI is InChI=1S/C16H13BrN2/c17-15-8-4-5-13(11-15)12-19-10-9-18-16(19)14-6-2-1-3-7-14/h1-11H,12H2. The van der Waals surface area contributed by atoms with Gasteiger partial charge in [-0.15, -0.1) is 0 Å². The Balaban J connectivity index is 1.93. The zero-order valence-corrected chi connectivity index (χ0v) is 11.9. The first-order valence-corrected chi connectivity index (χ1v) is 6.93. The van der Waals surface area contributed by atoms with Crippen molar-refractivity contribution in [3.8, 4) is 11.4 Å². The van der Waals surface area contributed by atoms with Crippen molar-refractivity contribution in [1.29, 1.82) is 0 Å². The quantitative estimate of drug-likeness (QED) is 0.702. The highest BCUT2D eigenvalue weighted by atomic mass is 79.9. The summed E-state index contributed by atoms with van der Waals surface area (Å²) in [7, 11) is 0. The van der Waals surface area contributed by atoms with Crippen molar-refractivity contribution in [2.45, 2.75) is 6.54 Å². The van der Waals surface area contributed by atoms with Crippen molar-refractivity contribution in [1.82, 2.24) is 9.55 Å². The first-order valence-electron chi connectivity index (χ1n) is 6.14. The van der Waals surface area contributed by atoms with Crippen LogP contribution in [0.5, 0.6) is 0 Å². The highest BCUT2D eigenvalue weighted by Gasteiger charge is 2.05. The smallest absolute Gasteiger partial charge is 0.140 e. The van der Waals surface area contributed by atoms with Crippen LogP contribution >= 0.6 is 15.9 Å². The second-order valence-electron chi connectivity index (χ2n) is 4.37. The predicted molar refractivity (Wildman–Crippen MR) is 80.9 cm³/mol. The Hall–Kier alpha value is -1.87. The topological polar surface area (TPSA) is 17.8 Å². The fourth-order valence-electron chi connectivity index (χ4n) is 2.12. The third-order valence-corrected chi connectivity index (χ3v) is 3.48. The van der Waals surface area contributed by atoms with Gasteiger partial charge in [0.2, 0.25) is 0 Å². The summed E-state index contributed by atoms with van der Waals surface area (Å²) in [6.45, 7) is 0.823. The van der Waals surface area contributed by atoms with Crippen LogP contribution in [-0.4, -0.2) is 9.55 Å². The molecule has 0 fully saturated rings. The molecule has 0 saturated heterocycles. The van der Waals surface area contributed by atoms with Gasteiger partial charge in [-0.25, -0.2) is 4.98 Å². The van der Waals surface area contributed by atoms with Crippen LogP contribution in [0.1, 0.15) is 5.56 Å². The lowest BCUT2D eigenvalue weighted by Crippen LogP contribution is -2.00. The van der Waals surface area contributed by atoms with Gasteiger partial charge < -0.3 is 4.57 Å². The lowest BCUT2D eigenvalue weighted by Gasteiger charge is -2.08. The Morgan fingerprint density at radius 1 is 1.00 bits per heavy atom. The van der Waals surface area contributed by atoms with Gasteiger partial charge in [0, 0.05) is 29.0 Å². The van der Waals surface area contributed by atoms with Crippen LogP contribution in [0.3, 0.4) is 0 Å². The zero-order chi connectivity index (χ0) is 13.1. The Bertz CT molecular complexity index is 674. The van der Waals surface area contributed by atoms with Gasteiger partial charge in [0.25, 0.3) is 0 Å². The summed E-state index contributed by atoms with van der Waals surface area (Å²) < 4.78 is 3.27. The van der Waals surface area contributed by atoms with E-state index in [0.29, 0.717) is 0 Å². The Morgan fingerprint density at radius 2 is 1.84 bits per heavy atom. The van der Waals surface area contributed by atoms with Gasteiger partial charge in [0.15, 0.2) is 0 Å². The maximum atomic E-state index is 4.46. The molecule has 94 valence electrons. The second-order valence-corrected chi connectivity index (χ2v) is 5.29. The summed E-state index contributed by atoms with van der Waals surface area (Å²) in [5, 5.41) is 0. The Kier molecular flexibility index (Phi) is 3.47. The molecule has 0 amide bonds. The van der Waals surface area contributed by atoms with E-state index in [1.807, 2.05) is 36.7 Å². The molecule has 3 heteroatoms. The first-order chi connectivity index (χ1) is 9.33. The monoisotopic (exact) mass is 312 g/mol. The lowest BCUT2D eigenvalue weighted by molar-refractivity contribution is 0.806. The maximum Gasteiger partial charge on any atom is 0.140 e. The van der Waals surface area contributed by atoms with Crippen molar-refractivity contribution in [3.05, 3.63) is 77.0 Å². The molecule has 0 aliphatic rings. The van der Waals surface area contributed by atoms with Gasteiger partial charge in [0.05, 0.1) is 0 Å². The predicted octanol–water partition coefficient (Wildman–Crippen LogP) is 4.36. The summed E-state index contributed by atoms with van der Waals surface area (Å²) in [5.74, 6) is 1.00. The molecule has 19 heavy (non-hydrogen) atoms. The molecule has 0 bridgehead atoms. The Labute approximate surface area is 120 Å². The fourth-order valence-corrected chi connectivity index (χ4v) is 2.56. The van der Waals surface area contributed by atoms with Crippen LogP contribution in [0.2, 0.25) is 0 Å². The SMILES string of the molecule is Brc1cccc(Cn2ccnc2-c2ccccc2)c1. The maximum absolute atomic E-state index is 4.46. The number of rotatable bonds is 3. The molecule has 1 aromatic heterocycles. The molecule has 2 nitrogen and oxygen atoms in total. The average Bonchev–Trinajstić information content (AvgIpc) is 2.88. The van der Waals surface area contributed by atoms with Crippen molar-refractivity contribution < 1.29 is 0 Å². The number of benzene rings is 2. The van der Waals surface area contributed by atoms with E-state index in [4.69, 9.17) is 0 Å². The van der Waals surface area contributed by atoms with Crippen LogP contribution in [-0.2, 0) is 6.54 Å². The van der Waals surface area contributed by atoms with Crippen LogP contribution in [0.4, 0.5) is 0 Å². The van der Waals surface area contributed by atoms with Crippen molar-refractivity contribution in [3.63, 3.8) is 0 Å². The van der Waals surface area contributed by atoms with E-state index in [2.05, 4.69) is 55.8 Å². The molecule has 0 saturated carbocycles. The van der Waals surface area contributed by atoms with E-state index >= 15 is 0 Å². The number of imidazole rings is 1. The highest BCUT2D eigenvalue weighted by Crippen LogP contribution is 2.19. The van der Waals surface area contributed by atoms with Gasteiger partial charge >= 0.3 is 0 Å². The molecule has 0 spiro atoms. The largest absolute Gasteiger partial charge is 0.327 e.